The Kier molecular flexibility index (Phi) is 8.13. The van der Waals surface area contributed by atoms with Crippen molar-refractivity contribution in [2.24, 2.45) is 17.1 Å². The van der Waals surface area contributed by atoms with Crippen LogP contribution >= 0.6 is 0 Å². The maximum atomic E-state index is 5.98. The number of nitrogens with two attached hydrogens (primary N) is 1. The van der Waals surface area contributed by atoms with Crippen molar-refractivity contribution < 1.29 is 0 Å². The number of hydrogen-bond acceptors (Lipinski definition) is 1. The summed E-state index contributed by atoms with van der Waals surface area (Å²) in [5.74, 6) is 0.837. The minimum atomic E-state index is 0.449. The van der Waals surface area contributed by atoms with Crippen molar-refractivity contribution in [2.45, 2.75) is 72.6 Å². The summed E-state index contributed by atoms with van der Waals surface area (Å²) in [5, 5.41) is 0. The molecule has 0 aliphatic heterocycles. The predicted octanol–water partition coefficient (Wildman–Crippen LogP) is 4.36. The molecule has 0 heterocycles. The molecule has 0 fully saturated rings. The van der Waals surface area contributed by atoms with Gasteiger partial charge in [0.15, 0.2) is 0 Å². The summed E-state index contributed by atoms with van der Waals surface area (Å²) in [4.78, 5) is 0. The summed E-state index contributed by atoms with van der Waals surface area (Å²) >= 11 is 0. The number of rotatable bonds is 9. The van der Waals surface area contributed by atoms with Crippen LogP contribution < -0.4 is 5.73 Å². The Morgan fingerprint density at radius 3 is 2.07 bits per heavy atom. The molecular weight excluding hydrogens is 182 g/mol. The average molecular weight is 213 g/mol. The van der Waals surface area contributed by atoms with Crippen molar-refractivity contribution in [3.8, 4) is 0 Å². The molecule has 0 bridgehead atoms. The largest absolute Gasteiger partial charge is 0.330 e. The molecule has 0 aromatic rings. The second-order valence-electron chi connectivity index (χ2n) is 5.45. The van der Waals surface area contributed by atoms with Gasteiger partial charge in [-0.1, -0.05) is 53.4 Å². The van der Waals surface area contributed by atoms with E-state index in [1.807, 2.05) is 0 Å². The molecule has 0 saturated heterocycles. The molecule has 0 radical (unpaired) electrons. The molecule has 0 amide bonds. The predicted molar refractivity (Wildman–Crippen MR) is 70.0 cm³/mol. The van der Waals surface area contributed by atoms with Crippen LogP contribution in [0.5, 0.6) is 0 Å². The normalized spacial score (nSPS) is 15.6. The smallest absolute Gasteiger partial charge is 0.00206 e. The summed E-state index contributed by atoms with van der Waals surface area (Å²) in [6.07, 6.45) is 9.26. The summed E-state index contributed by atoms with van der Waals surface area (Å²) in [7, 11) is 0. The van der Waals surface area contributed by atoms with Gasteiger partial charge in [0.2, 0.25) is 0 Å². The quantitative estimate of drug-likeness (QED) is 0.605. The van der Waals surface area contributed by atoms with Crippen molar-refractivity contribution in [3.63, 3.8) is 0 Å². The third-order valence-electron chi connectivity index (χ3n) is 3.73. The highest BCUT2D eigenvalue weighted by Gasteiger charge is 2.25. The maximum Gasteiger partial charge on any atom is -0.00206 e. The van der Waals surface area contributed by atoms with Crippen LogP contribution in [0.2, 0.25) is 0 Å². The highest BCUT2D eigenvalue weighted by atomic mass is 14.6. The Labute approximate surface area is 96.8 Å². The van der Waals surface area contributed by atoms with Crippen LogP contribution in [0.15, 0.2) is 0 Å². The van der Waals surface area contributed by atoms with Crippen LogP contribution in [-0.4, -0.2) is 6.54 Å². The van der Waals surface area contributed by atoms with E-state index in [0.29, 0.717) is 5.41 Å². The third-order valence-corrected chi connectivity index (χ3v) is 3.73. The fourth-order valence-electron chi connectivity index (χ4n) is 2.26. The summed E-state index contributed by atoms with van der Waals surface area (Å²) in [6.45, 7) is 10.1. The zero-order chi connectivity index (χ0) is 11.7. The molecule has 0 aromatic heterocycles. The lowest BCUT2D eigenvalue weighted by molar-refractivity contribution is 0.220. The first-order chi connectivity index (χ1) is 7.10. The molecule has 0 aliphatic carbocycles. The van der Waals surface area contributed by atoms with E-state index in [4.69, 9.17) is 5.73 Å². The lowest BCUT2D eigenvalue weighted by Crippen LogP contribution is -2.30. The van der Waals surface area contributed by atoms with Gasteiger partial charge >= 0.3 is 0 Å². The van der Waals surface area contributed by atoms with Crippen LogP contribution in [-0.2, 0) is 0 Å². The van der Waals surface area contributed by atoms with E-state index >= 15 is 0 Å². The van der Waals surface area contributed by atoms with Gasteiger partial charge in [0.25, 0.3) is 0 Å². The van der Waals surface area contributed by atoms with Crippen LogP contribution in [0.4, 0.5) is 0 Å². The van der Waals surface area contributed by atoms with E-state index in [1.165, 1.54) is 44.9 Å². The average Bonchev–Trinajstić information content (AvgIpc) is 2.23. The van der Waals surface area contributed by atoms with E-state index in [0.717, 1.165) is 12.5 Å². The zero-order valence-electron chi connectivity index (χ0n) is 11.3. The summed E-state index contributed by atoms with van der Waals surface area (Å²) < 4.78 is 0. The zero-order valence-corrected chi connectivity index (χ0v) is 11.3. The first-order valence-electron chi connectivity index (χ1n) is 6.80. The lowest BCUT2D eigenvalue weighted by atomic mass is 9.76. The Morgan fingerprint density at radius 2 is 1.67 bits per heavy atom. The molecule has 0 aliphatic rings. The minimum absolute atomic E-state index is 0.449. The van der Waals surface area contributed by atoms with Crippen molar-refractivity contribution in [2.75, 3.05) is 6.54 Å². The summed E-state index contributed by atoms with van der Waals surface area (Å²) in [5.41, 5.74) is 6.43. The molecule has 1 heteroatoms. The van der Waals surface area contributed by atoms with E-state index in [1.54, 1.807) is 0 Å². The fraction of sp³-hybridized carbons (Fsp3) is 1.00. The van der Waals surface area contributed by atoms with Gasteiger partial charge in [-0.3, -0.25) is 0 Å². The van der Waals surface area contributed by atoms with Crippen molar-refractivity contribution in [3.05, 3.63) is 0 Å². The Hall–Kier alpha value is -0.0400. The number of unbranched alkanes of at least 4 members (excludes halogenated alkanes) is 1. The Balaban J connectivity index is 3.99. The molecule has 2 N–H and O–H groups in total. The minimum Gasteiger partial charge on any atom is -0.330 e. The van der Waals surface area contributed by atoms with Gasteiger partial charge < -0.3 is 5.73 Å². The highest BCUT2D eigenvalue weighted by Crippen LogP contribution is 2.33. The molecule has 0 spiro atoms. The molecule has 1 atom stereocenters. The molecule has 0 aromatic carbocycles. The van der Waals surface area contributed by atoms with Gasteiger partial charge in [-0.25, -0.2) is 0 Å². The fourth-order valence-corrected chi connectivity index (χ4v) is 2.26. The van der Waals surface area contributed by atoms with Gasteiger partial charge in [0.1, 0.15) is 0 Å². The topological polar surface area (TPSA) is 26.0 Å². The Morgan fingerprint density at radius 1 is 1.07 bits per heavy atom. The van der Waals surface area contributed by atoms with Crippen LogP contribution in [0.3, 0.4) is 0 Å². The highest BCUT2D eigenvalue weighted by molar-refractivity contribution is 4.79. The third kappa shape index (κ3) is 6.19. The molecule has 15 heavy (non-hydrogen) atoms. The molecule has 0 saturated carbocycles. The molecule has 92 valence electrons. The maximum absolute atomic E-state index is 5.98. The van der Waals surface area contributed by atoms with Crippen molar-refractivity contribution in [1.29, 1.82) is 0 Å². The van der Waals surface area contributed by atoms with Crippen LogP contribution in [0, 0.1) is 11.3 Å². The standard InChI is InChI=1S/C14H31N/c1-5-7-10-14(6-2,12-15)11-8-9-13(3)4/h13H,5-12,15H2,1-4H3. The second-order valence-corrected chi connectivity index (χ2v) is 5.45. The van der Waals surface area contributed by atoms with Gasteiger partial charge in [0.05, 0.1) is 0 Å². The van der Waals surface area contributed by atoms with Crippen molar-refractivity contribution in [1.82, 2.24) is 0 Å². The monoisotopic (exact) mass is 213 g/mol. The van der Waals surface area contributed by atoms with E-state index in [-0.39, 0.29) is 0 Å². The van der Waals surface area contributed by atoms with Gasteiger partial charge in [0, 0.05) is 0 Å². The lowest BCUT2D eigenvalue weighted by Gasteiger charge is -2.32. The van der Waals surface area contributed by atoms with Gasteiger partial charge in [-0.15, -0.1) is 0 Å². The van der Waals surface area contributed by atoms with Crippen molar-refractivity contribution >= 4 is 0 Å². The van der Waals surface area contributed by atoms with E-state index in [2.05, 4.69) is 27.7 Å². The SMILES string of the molecule is CCCCC(CC)(CN)CCCC(C)C. The Bertz CT molecular complexity index is 136. The summed E-state index contributed by atoms with van der Waals surface area (Å²) in [6, 6.07) is 0. The molecule has 0 rings (SSSR count). The first kappa shape index (κ1) is 15.0. The van der Waals surface area contributed by atoms with Gasteiger partial charge in [-0.2, -0.15) is 0 Å². The van der Waals surface area contributed by atoms with E-state index < -0.39 is 0 Å². The second kappa shape index (κ2) is 8.15. The van der Waals surface area contributed by atoms with Gasteiger partial charge in [-0.05, 0) is 37.1 Å². The molecular formula is C14H31N. The van der Waals surface area contributed by atoms with E-state index in [9.17, 15) is 0 Å². The van der Waals surface area contributed by atoms with Crippen LogP contribution in [0.25, 0.3) is 0 Å². The molecule has 1 unspecified atom stereocenters. The number of hydrogen-bond donors (Lipinski definition) is 1. The first-order valence-corrected chi connectivity index (χ1v) is 6.80. The molecule has 1 nitrogen and oxygen atoms in total. The van der Waals surface area contributed by atoms with Crippen LogP contribution in [0.1, 0.15) is 72.6 Å².